The van der Waals surface area contributed by atoms with Crippen LogP contribution in [0.5, 0.6) is 0 Å². The van der Waals surface area contributed by atoms with Gasteiger partial charge in [-0.1, -0.05) is 32.9 Å². The van der Waals surface area contributed by atoms with Gasteiger partial charge in [-0.15, -0.1) is 0 Å². The van der Waals surface area contributed by atoms with Crippen molar-refractivity contribution >= 4 is 20.8 Å². The van der Waals surface area contributed by atoms with E-state index in [2.05, 4.69) is 20.4 Å². The third kappa shape index (κ3) is 8.65. The number of fused-ring (bicyclic) bond motifs is 5. The first-order valence-corrected chi connectivity index (χ1v) is 17.4. The smallest absolute Gasteiger partial charge is 0.726 e. The molecule has 0 radical (unpaired) electrons. The monoisotopic (exact) mass is 652 g/mol. The maximum absolute atomic E-state index is 11.4. The van der Waals surface area contributed by atoms with Crippen molar-refractivity contribution in [3.8, 4) is 0 Å². The first-order chi connectivity index (χ1) is 18.5. The van der Waals surface area contributed by atoms with Crippen LogP contribution in [0.1, 0.15) is 85.0 Å². The minimum Gasteiger partial charge on any atom is -0.726 e. The van der Waals surface area contributed by atoms with Gasteiger partial charge in [0, 0.05) is 6.61 Å². The van der Waals surface area contributed by atoms with Crippen molar-refractivity contribution in [2.45, 2.75) is 97.2 Å². The Balaban J connectivity index is 0.00000308. The van der Waals surface area contributed by atoms with Gasteiger partial charge in [0.15, 0.2) is 0 Å². The van der Waals surface area contributed by atoms with Gasteiger partial charge in [0.2, 0.25) is 20.8 Å². The van der Waals surface area contributed by atoms with Crippen LogP contribution in [0, 0.1) is 52.3 Å². The SMILES string of the molecule is C=C(CC[C@@H](COS(=O)(=O)[O-])[C@H]1CC[C@H]2[C@@H]3CCC4C[C@H](OS(=O)(=O)[O-])[C@@H](O)C[C@]4(C)[C@H]3CC[C@]12C)[C@@H](C)CO.[Na+].[Na+]. The zero-order valence-corrected chi connectivity index (χ0v) is 31.5. The number of hydrogen-bond acceptors (Lipinski definition) is 10. The minimum atomic E-state index is -4.90. The largest absolute Gasteiger partial charge is 1.00 e. The fourth-order valence-corrected chi connectivity index (χ4v) is 10.5. The summed E-state index contributed by atoms with van der Waals surface area (Å²) in [5, 5.41) is 20.3. The average molecular weight is 653 g/mol. The van der Waals surface area contributed by atoms with E-state index >= 15 is 0 Å². The molecule has 0 amide bonds. The van der Waals surface area contributed by atoms with Crippen LogP contribution in [-0.2, 0) is 29.2 Å². The van der Waals surface area contributed by atoms with Gasteiger partial charge in [0.1, 0.15) is 6.10 Å². The Kier molecular flexibility index (Phi) is 14.2. The van der Waals surface area contributed by atoms with E-state index in [9.17, 15) is 36.2 Å². The maximum atomic E-state index is 11.4. The fraction of sp³-hybridized carbons (Fsp3) is 0.929. The topological polar surface area (TPSA) is 173 Å². The molecular weight excluding hydrogens is 606 g/mol. The molecule has 4 rings (SSSR count). The number of rotatable bonds is 11. The third-order valence-corrected chi connectivity index (χ3v) is 12.7. The van der Waals surface area contributed by atoms with Crippen LogP contribution < -0.4 is 59.1 Å². The van der Waals surface area contributed by atoms with Crippen LogP contribution in [0.2, 0.25) is 0 Å². The molecule has 232 valence electrons. The molecular formula is C28H46Na2O10S2. The normalized spacial score (nSPS) is 39.5. The summed E-state index contributed by atoms with van der Waals surface area (Å²) in [6.07, 6.45) is 5.65. The summed E-state index contributed by atoms with van der Waals surface area (Å²) in [5.41, 5.74) is 0.658. The Labute approximate surface area is 296 Å². The summed E-state index contributed by atoms with van der Waals surface area (Å²) in [7, 11) is -9.72. The molecule has 42 heavy (non-hydrogen) atoms. The van der Waals surface area contributed by atoms with Crippen LogP contribution >= 0.6 is 0 Å². The molecule has 1 unspecified atom stereocenters. The van der Waals surface area contributed by atoms with E-state index in [4.69, 9.17) is 8.37 Å². The molecule has 0 aromatic carbocycles. The third-order valence-electron chi connectivity index (χ3n) is 11.8. The van der Waals surface area contributed by atoms with Gasteiger partial charge >= 0.3 is 59.1 Å². The van der Waals surface area contributed by atoms with Gasteiger partial charge in [0.05, 0.1) is 12.7 Å². The standard InChI is InChI=1S/C28H48O10S2.2Na/c1-17(18(2)15-29)5-6-19(16-37-39(31,32)33)22-9-10-23-21-8-7-20-13-26(38-40(34,35)36)25(30)14-28(20,4)24(21)11-12-27(22,23)3;;/h18-26,29-30H,1,5-16H2,2-4H3,(H,31,32,33)(H,34,35,36);;/q;2*+1/p-2/t18-,19-,20?,21-,22+,23-,24-,25-,26-,27+,28-;;/m0../s1. The first-order valence-electron chi connectivity index (χ1n) is 14.7. The van der Waals surface area contributed by atoms with Crippen LogP contribution in [0.3, 0.4) is 0 Å². The first kappa shape index (κ1) is 39.6. The van der Waals surface area contributed by atoms with Crippen molar-refractivity contribution in [3.05, 3.63) is 12.2 Å². The summed E-state index contributed by atoms with van der Waals surface area (Å²) in [5.74, 6) is 1.33. The Morgan fingerprint density at radius 1 is 1.00 bits per heavy atom. The van der Waals surface area contributed by atoms with Gasteiger partial charge in [-0.2, -0.15) is 0 Å². The molecule has 0 heterocycles. The van der Waals surface area contributed by atoms with Crippen molar-refractivity contribution in [1.29, 1.82) is 0 Å². The Morgan fingerprint density at radius 3 is 2.24 bits per heavy atom. The van der Waals surface area contributed by atoms with Gasteiger partial charge in [-0.05, 0) is 116 Å². The van der Waals surface area contributed by atoms with Crippen molar-refractivity contribution < 1.29 is 104 Å². The number of hydrogen-bond donors (Lipinski definition) is 2. The minimum absolute atomic E-state index is 0. The Hall–Kier alpha value is 1.40. The molecule has 0 saturated heterocycles. The van der Waals surface area contributed by atoms with Gasteiger partial charge in [-0.25, -0.2) is 16.8 Å². The molecule has 4 aliphatic rings. The van der Waals surface area contributed by atoms with E-state index in [0.717, 1.165) is 44.1 Å². The molecule has 14 heteroatoms. The average Bonchev–Trinajstić information content (AvgIpc) is 3.19. The van der Waals surface area contributed by atoms with Crippen LogP contribution in [0.15, 0.2) is 12.2 Å². The van der Waals surface area contributed by atoms with E-state index in [0.29, 0.717) is 43.4 Å². The predicted octanol–water partition coefficient (Wildman–Crippen LogP) is -2.47. The molecule has 4 aliphatic carbocycles. The maximum Gasteiger partial charge on any atom is 1.00 e. The summed E-state index contributed by atoms with van der Waals surface area (Å²) in [6, 6.07) is 0. The molecule has 0 bridgehead atoms. The summed E-state index contributed by atoms with van der Waals surface area (Å²) in [4.78, 5) is 0. The molecule has 0 spiro atoms. The summed E-state index contributed by atoms with van der Waals surface area (Å²) < 4.78 is 77.4. The summed E-state index contributed by atoms with van der Waals surface area (Å²) in [6.45, 7) is 10.4. The van der Waals surface area contributed by atoms with Crippen LogP contribution in [-0.4, -0.2) is 61.6 Å². The Morgan fingerprint density at radius 2 is 1.64 bits per heavy atom. The predicted molar refractivity (Wildman–Crippen MR) is 145 cm³/mol. The van der Waals surface area contributed by atoms with Gasteiger partial charge in [0.25, 0.3) is 0 Å². The molecule has 11 atom stereocenters. The Bertz CT molecular complexity index is 1150. The quantitative estimate of drug-likeness (QED) is 0.105. The zero-order valence-electron chi connectivity index (χ0n) is 25.9. The van der Waals surface area contributed by atoms with Crippen molar-refractivity contribution in [2.24, 2.45) is 52.3 Å². The van der Waals surface area contributed by atoms with Crippen molar-refractivity contribution in [3.63, 3.8) is 0 Å². The molecule has 0 aromatic rings. The van der Waals surface area contributed by atoms with Crippen LogP contribution in [0.25, 0.3) is 0 Å². The van der Waals surface area contributed by atoms with Gasteiger partial charge in [-0.3, -0.25) is 8.37 Å². The second kappa shape index (κ2) is 15.1. The summed E-state index contributed by atoms with van der Waals surface area (Å²) >= 11 is 0. The van der Waals surface area contributed by atoms with Crippen molar-refractivity contribution in [1.82, 2.24) is 0 Å². The number of aliphatic hydroxyl groups is 2. The van der Waals surface area contributed by atoms with Crippen LogP contribution in [0.4, 0.5) is 0 Å². The molecule has 4 fully saturated rings. The van der Waals surface area contributed by atoms with Crippen molar-refractivity contribution in [2.75, 3.05) is 13.2 Å². The molecule has 0 aliphatic heterocycles. The second-order valence-electron chi connectivity index (χ2n) is 13.7. The van der Waals surface area contributed by atoms with E-state index in [-0.39, 0.29) is 107 Å². The zero-order chi connectivity index (χ0) is 29.7. The van der Waals surface area contributed by atoms with E-state index in [1.54, 1.807) is 0 Å². The molecule has 4 saturated carbocycles. The molecule has 2 N–H and O–H groups in total. The van der Waals surface area contributed by atoms with Gasteiger partial charge < -0.3 is 19.3 Å². The molecule has 10 nitrogen and oxygen atoms in total. The second-order valence-corrected chi connectivity index (χ2v) is 15.7. The fourth-order valence-electron chi connectivity index (χ4n) is 9.65. The number of aliphatic hydroxyl groups excluding tert-OH is 2. The molecule has 0 aromatic heterocycles. The van der Waals surface area contributed by atoms with E-state index in [1.165, 1.54) is 0 Å². The van der Waals surface area contributed by atoms with E-state index in [1.807, 2.05) is 6.92 Å². The van der Waals surface area contributed by atoms with E-state index < -0.39 is 33.0 Å².